The Morgan fingerprint density at radius 2 is 2.14 bits per heavy atom. The predicted octanol–water partition coefficient (Wildman–Crippen LogP) is 1.56. The van der Waals surface area contributed by atoms with E-state index in [9.17, 15) is 0 Å². The molecular weight excluding hydrogens is 262 g/mol. The third-order valence-corrected chi connectivity index (χ3v) is 4.28. The van der Waals surface area contributed by atoms with Crippen LogP contribution < -0.4 is 10.6 Å². The van der Waals surface area contributed by atoms with Crippen molar-refractivity contribution in [3.8, 4) is 0 Å². The first-order valence-electron chi connectivity index (χ1n) is 7.94. The minimum atomic E-state index is 0.783. The van der Waals surface area contributed by atoms with Gasteiger partial charge in [0.25, 0.3) is 0 Å². The Hall–Kier alpha value is -1.49. The molecule has 1 saturated carbocycles. The minimum Gasteiger partial charge on any atom is -0.357 e. The van der Waals surface area contributed by atoms with Gasteiger partial charge in [0.15, 0.2) is 5.96 Å². The number of hydrogen-bond acceptors (Lipinski definition) is 2. The first-order chi connectivity index (χ1) is 10.2. The maximum atomic E-state index is 4.27. The van der Waals surface area contributed by atoms with Crippen molar-refractivity contribution in [3.63, 3.8) is 0 Å². The molecule has 0 aromatic carbocycles. The number of guanidine groups is 1. The number of aromatic nitrogens is 1. The van der Waals surface area contributed by atoms with E-state index in [0.717, 1.165) is 31.6 Å². The van der Waals surface area contributed by atoms with Gasteiger partial charge in [-0.1, -0.05) is 12.8 Å². The van der Waals surface area contributed by atoms with Crippen LogP contribution >= 0.6 is 0 Å². The first kappa shape index (κ1) is 15.9. The lowest BCUT2D eigenvalue weighted by Gasteiger charge is -2.24. The van der Waals surface area contributed by atoms with E-state index in [0.29, 0.717) is 0 Å². The number of aliphatic imine (C=N–C) groups is 1. The molecule has 0 saturated heterocycles. The van der Waals surface area contributed by atoms with Crippen LogP contribution in [0.2, 0.25) is 0 Å². The van der Waals surface area contributed by atoms with Crippen molar-refractivity contribution >= 4 is 5.96 Å². The fourth-order valence-corrected chi connectivity index (χ4v) is 2.95. The minimum absolute atomic E-state index is 0.783. The highest BCUT2D eigenvalue weighted by Gasteiger charge is 2.18. The Morgan fingerprint density at radius 1 is 1.38 bits per heavy atom. The van der Waals surface area contributed by atoms with Gasteiger partial charge in [0, 0.05) is 52.2 Å². The molecule has 2 rings (SSSR count). The van der Waals surface area contributed by atoms with Crippen LogP contribution in [0.15, 0.2) is 23.5 Å². The van der Waals surface area contributed by atoms with Crippen LogP contribution in [-0.4, -0.2) is 48.7 Å². The molecule has 5 nitrogen and oxygen atoms in total. The Kier molecular flexibility index (Phi) is 6.11. The second-order valence-electron chi connectivity index (χ2n) is 5.96. The van der Waals surface area contributed by atoms with Crippen molar-refractivity contribution in [1.29, 1.82) is 0 Å². The van der Waals surface area contributed by atoms with Crippen molar-refractivity contribution < 1.29 is 0 Å². The van der Waals surface area contributed by atoms with Gasteiger partial charge in [0.2, 0.25) is 0 Å². The Balaban J connectivity index is 1.65. The zero-order chi connectivity index (χ0) is 15.1. The molecule has 0 radical (unpaired) electrons. The average molecular weight is 291 g/mol. The summed E-state index contributed by atoms with van der Waals surface area (Å²) < 4.78 is 2.06. The van der Waals surface area contributed by atoms with Crippen molar-refractivity contribution in [1.82, 2.24) is 20.1 Å². The van der Waals surface area contributed by atoms with Gasteiger partial charge in [-0.2, -0.15) is 0 Å². The van der Waals surface area contributed by atoms with Gasteiger partial charge in [0.1, 0.15) is 0 Å². The molecule has 5 heteroatoms. The van der Waals surface area contributed by atoms with Gasteiger partial charge in [0.05, 0.1) is 0 Å². The molecule has 1 aromatic heterocycles. The van der Waals surface area contributed by atoms with Crippen LogP contribution in [0.25, 0.3) is 0 Å². The quantitative estimate of drug-likeness (QED) is 0.618. The summed E-state index contributed by atoms with van der Waals surface area (Å²) >= 11 is 0. The highest BCUT2D eigenvalue weighted by molar-refractivity contribution is 5.79. The number of hydrogen-bond donors (Lipinski definition) is 2. The smallest absolute Gasteiger partial charge is 0.191 e. The second-order valence-corrected chi connectivity index (χ2v) is 5.96. The van der Waals surface area contributed by atoms with Gasteiger partial charge in [-0.05, 0) is 31.5 Å². The van der Waals surface area contributed by atoms with E-state index in [4.69, 9.17) is 0 Å². The van der Waals surface area contributed by atoms with Crippen LogP contribution in [0.1, 0.15) is 31.2 Å². The lowest BCUT2D eigenvalue weighted by atomic mass is 10.2. The van der Waals surface area contributed by atoms with Gasteiger partial charge in [-0.15, -0.1) is 0 Å². The van der Waals surface area contributed by atoms with E-state index < -0.39 is 0 Å². The molecular formula is C16H29N5. The molecule has 1 aliphatic rings. The van der Waals surface area contributed by atoms with E-state index in [2.05, 4.69) is 50.6 Å². The van der Waals surface area contributed by atoms with Crippen LogP contribution in [0.3, 0.4) is 0 Å². The largest absolute Gasteiger partial charge is 0.357 e. The molecule has 1 aliphatic carbocycles. The molecule has 1 aromatic rings. The molecule has 21 heavy (non-hydrogen) atoms. The summed E-state index contributed by atoms with van der Waals surface area (Å²) in [6.07, 6.45) is 9.68. The third kappa shape index (κ3) is 5.08. The molecule has 2 N–H and O–H groups in total. The summed E-state index contributed by atoms with van der Waals surface area (Å²) in [5.41, 5.74) is 1.27. The Morgan fingerprint density at radius 3 is 2.76 bits per heavy atom. The highest BCUT2D eigenvalue weighted by Crippen LogP contribution is 2.21. The van der Waals surface area contributed by atoms with Gasteiger partial charge < -0.3 is 20.1 Å². The van der Waals surface area contributed by atoms with Gasteiger partial charge in [-0.3, -0.25) is 4.99 Å². The molecule has 0 amide bonds. The van der Waals surface area contributed by atoms with Crippen LogP contribution in [0, 0.1) is 0 Å². The molecule has 1 fully saturated rings. The summed E-state index contributed by atoms with van der Waals surface area (Å²) in [5.74, 6) is 0.874. The molecule has 1 heterocycles. The monoisotopic (exact) mass is 291 g/mol. The number of nitrogens with zero attached hydrogens (tertiary/aromatic N) is 3. The fraction of sp³-hybridized carbons (Fsp3) is 0.688. The SMILES string of the molecule is CN=C(NCCN(C)C1CCCC1)NCc1ccn(C)c1. The normalized spacial score (nSPS) is 16.7. The number of rotatable bonds is 6. The van der Waals surface area contributed by atoms with Gasteiger partial charge in [-0.25, -0.2) is 0 Å². The van der Waals surface area contributed by atoms with E-state index >= 15 is 0 Å². The molecule has 0 aliphatic heterocycles. The standard InChI is InChI=1S/C16H29N5/c1-17-16(19-12-14-8-10-20(2)13-14)18-9-11-21(3)15-6-4-5-7-15/h8,10,13,15H,4-7,9,11-12H2,1-3H3,(H2,17,18,19). The molecule has 0 bridgehead atoms. The number of nitrogens with one attached hydrogen (secondary N) is 2. The Labute approximate surface area is 128 Å². The van der Waals surface area contributed by atoms with Gasteiger partial charge >= 0.3 is 0 Å². The zero-order valence-electron chi connectivity index (χ0n) is 13.6. The van der Waals surface area contributed by atoms with Crippen molar-refractivity contribution in [2.75, 3.05) is 27.2 Å². The fourth-order valence-electron chi connectivity index (χ4n) is 2.95. The molecule has 118 valence electrons. The highest BCUT2D eigenvalue weighted by atomic mass is 15.2. The second kappa shape index (κ2) is 8.08. The molecule has 0 spiro atoms. The number of likely N-dealkylation sites (N-methyl/N-ethyl adjacent to an activating group) is 1. The molecule has 0 atom stereocenters. The van der Waals surface area contributed by atoms with E-state index in [1.807, 2.05) is 14.1 Å². The van der Waals surface area contributed by atoms with E-state index in [-0.39, 0.29) is 0 Å². The zero-order valence-corrected chi connectivity index (χ0v) is 13.6. The van der Waals surface area contributed by atoms with Crippen molar-refractivity contribution in [3.05, 3.63) is 24.0 Å². The topological polar surface area (TPSA) is 44.6 Å². The summed E-state index contributed by atoms with van der Waals surface area (Å²) in [6.45, 7) is 2.80. The van der Waals surface area contributed by atoms with Crippen LogP contribution in [0.4, 0.5) is 0 Å². The first-order valence-corrected chi connectivity index (χ1v) is 7.94. The lowest BCUT2D eigenvalue weighted by molar-refractivity contribution is 0.249. The van der Waals surface area contributed by atoms with Crippen LogP contribution in [-0.2, 0) is 13.6 Å². The summed E-state index contributed by atoms with van der Waals surface area (Å²) in [6, 6.07) is 2.90. The summed E-state index contributed by atoms with van der Waals surface area (Å²) in [5, 5.41) is 6.74. The maximum Gasteiger partial charge on any atom is 0.191 e. The van der Waals surface area contributed by atoms with E-state index in [1.54, 1.807) is 0 Å². The number of aryl methyl sites for hydroxylation is 1. The summed E-state index contributed by atoms with van der Waals surface area (Å²) in [4.78, 5) is 6.75. The third-order valence-electron chi connectivity index (χ3n) is 4.28. The van der Waals surface area contributed by atoms with E-state index in [1.165, 1.54) is 31.2 Å². The lowest BCUT2D eigenvalue weighted by Crippen LogP contribution is -2.42. The molecule has 0 unspecified atom stereocenters. The van der Waals surface area contributed by atoms with Crippen molar-refractivity contribution in [2.45, 2.75) is 38.3 Å². The average Bonchev–Trinajstić information content (AvgIpc) is 3.13. The Bertz CT molecular complexity index is 445. The summed E-state index contributed by atoms with van der Waals surface area (Å²) in [7, 11) is 6.09. The van der Waals surface area contributed by atoms with Crippen LogP contribution in [0.5, 0.6) is 0 Å². The predicted molar refractivity (Wildman–Crippen MR) is 88.5 cm³/mol. The van der Waals surface area contributed by atoms with Crippen molar-refractivity contribution in [2.24, 2.45) is 12.0 Å². The maximum absolute atomic E-state index is 4.27.